The fourth-order valence-corrected chi connectivity index (χ4v) is 6.09. The Balaban J connectivity index is 1.50. The molecule has 0 spiro atoms. The summed E-state index contributed by atoms with van der Waals surface area (Å²) < 4.78 is 8.06. The van der Waals surface area contributed by atoms with Crippen LogP contribution in [0.15, 0.2) is 93.9 Å². The van der Waals surface area contributed by atoms with Gasteiger partial charge >= 0.3 is 0 Å². The minimum Gasteiger partial charge on any atom is -0.489 e. The Bertz CT molecular complexity index is 1770. The zero-order valence-corrected chi connectivity index (χ0v) is 25.3. The Labute approximate surface area is 252 Å². The fraction of sp³-hybridized carbons (Fsp3) is 0.219. The molecule has 1 atom stereocenters. The molecule has 4 aromatic rings. The Morgan fingerprint density at radius 3 is 2.20 bits per heavy atom. The Morgan fingerprint density at radius 1 is 0.976 bits per heavy atom. The third-order valence-corrected chi connectivity index (χ3v) is 8.47. The van der Waals surface area contributed by atoms with E-state index < -0.39 is 6.04 Å². The number of ether oxygens (including phenoxy) is 1. The third kappa shape index (κ3) is 6.17. The predicted molar refractivity (Wildman–Crippen MR) is 165 cm³/mol. The molecule has 0 fully saturated rings. The molecule has 0 unspecified atom stereocenters. The van der Waals surface area contributed by atoms with Crippen molar-refractivity contribution in [2.45, 2.75) is 33.4 Å². The van der Waals surface area contributed by atoms with E-state index in [1.807, 2.05) is 87.5 Å². The first-order chi connectivity index (χ1) is 19.8. The average Bonchev–Trinajstić information content (AvgIpc) is 3.27. The van der Waals surface area contributed by atoms with Gasteiger partial charge in [0.1, 0.15) is 12.4 Å². The number of hydrogen-bond acceptors (Lipinski definition) is 5. The fourth-order valence-electron chi connectivity index (χ4n) is 4.80. The summed E-state index contributed by atoms with van der Waals surface area (Å²) in [6.07, 6.45) is 1.84. The monoisotopic (exact) mass is 605 g/mol. The molecule has 1 aliphatic rings. The second-order valence-electron chi connectivity index (χ2n) is 9.59. The standard InChI is InChI=1S/C32H29Cl2N3O3S/c1-4-36(5-2)31(39)28-20(3)35-32-37(29(28)23-10-14-25(34)15-11-23)30(38)27(41-32)18-21-8-16-26(17-9-21)40-19-22-6-12-24(33)13-7-22/h6-18,29H,4-5,19H2,1-3H3/b27-18+/t29-/m1/s1. The molecule has 0 bridgehead atoms. The lowest BCUT2D eigenvalue weighted by Gasteiger charge is -2.29. The first kappa shape index (κ1) is 28.9. The second-order valence-corrected chi connectivity index (χ2v) is 11.5. The van der Waals surface area contributed by atoms with Gasteiger partial charge in [-0.2, -0.15) is 0 Å². The maximum Gasteiger partial charge on any atom is 0.271 e. The summed E-state index contributed by atoms with van der Waals surface area (Å²) in [5, 5.41) is 1.27. The number of allylic oxidation sites excluding steroid dienone is 1. The maximum absolute atomic E-state index is 13.9. The van der Waals surface area contributed by atoms with Crippen LogP contribution in [0.2, 0.25) is 10.0 Å². The van der Waals surface area contributed by atoms with Gasteiger partial charge in [0.05, 0.1) is 21.8 Å². The summed E-state index contributed by atoms with van der Waals surface area (Å²) in [4.78, 5) is 34.6. The zero-order chi connectivity index (χ0) is 29.1. The van der Waals surface area contributed by atoms with Crippen molar-refractivity contribution < 1.29 is 9.53 Å². The highest BCUT2D eigenvalue weighted by Gasteiger charge is 2.34. The molecule has 1 aromatic heterocycles. The summed E-state index contributed by atoms with van der Waals surface area (Å²) in [6, 6.07) is 21.8. The lowest BCUT2D eigenvalue weighted by Crippen LogP contribution is -2.43. The smallest absolute Gasteiger partial charge is 0.271 e. The summed E-state index contributed by atoms with van der Waals surface area (Å²) in [5.74, 6) is 0.594. The van der Waals surface area contributed by atoms with Crippen LogP contribution in [0.4, 0.5) is 0 Å². The van der Waals surface area contributed by atoms with Crippen molar-refractivity contribution in [3.05, 3.63) is 130 Å². The summed E-state index contributed by atoms with van der Waals surface area (Å²) in [7, 11) is 0. The quantitative estimate of drug-likeness (QED) is 0.248. The molecule has 5 rings (SSSR count). The molecule has 1 aliphatic heterocycles. The molecule has 0 aliphatic carbocycles. The van der Waals surface area contributed by atoms with E-state index in [0.29, 0.717) is 50.3 Å². The number of likely N-dealkylation sites (N-methyl/N-ethyl adjacent to an activating group) is 1. The minimum atomic E-state index is -0.609. The largest absolute Gasteiger partial charge is 0.489 e. The van der Waals surface area contributed by atoms with E-state index in [9.17, 15) is 9.59 Å². The molecule has 210 valence electrons. The van der Waals surface area contributed by atoms with Gasteiger partial charge in [-0.15, -0.1) is 0 Å². The van der Waals surface area contributed by atoms with Crippen molar-refractivity contribution >= 4 is 46.5 Å². The normalized spacial score (nSPS) is 15.0. The number of carbonyl (C=O) groups excluding carboxylic acids is 1. The number of rotatable bonds is 8. The van der Waals surface area contributed by atoms with Crippen molar-refractivity contribution in [3.63, 3.8) is 0 Å². The Hall–Kier alpha value is -3.65. The molecule has 0 saturated carbocycles. The van der Waals surface area contributed by atoms with Crippen LogP contribution < -0.4 is 19.6 Å². The molecule has 3 aromatic carbocycles. The molecule has 2 heterocycles. The number of benzene rings is 3. The van der Waals surface area contributed by atoms with Crippen molar-refractivity contribution in [2.24, 2.45) is 4.99 Å². The first-order valence-electron chi connectivity index (χ1n) is 13.3. The second kappa shape index (κ2) is 12.5. The number of aromatic nitrogens is 1. The highest BCUT2D eigenvalue weighted by atomic mass is 35.5. The predicted octanol–water partition coefficient (Wildman–Crippen LogP) is 5.99. The van der Waals surface area contributed by atoms with Crippen molar-refractivity contribution in [2.75, 3.05) is 13.1 Å². The Kier molecular flexibility index (Phi) is 8.78. The average molecular weight is 607 g/mol. The van der Waals surface area contributed by atoms with Crippen LogP contribution in [-0.4, -0.2) is 28.5 Å². The van der Waals surface area contributed by atoms with E-state index >= 15 is 0 Å². The van der Waals surface area contributed by atoms with Gasteiger partial charge in [-0.05, 0) is 79.9 Å². The van der Waals surface area contributed by atoms with Crippen LogP contribution in [0.25, 0.3) is 6.08 Å². The van der Waals surface area contributed by atoms with E-state index in [1.54, 1.807) is 21.6 Å². The zero-order valence-electron chi connectivity index (χ0n) is 22.9. The van der Waals surface area contributed by atoms with Crippen LogP contribution in [0.1, 0.15) is 43.5 Å². The lowest BCUT2D eigenvalue weighted by molar-refractivity contribution is -0.127. The van der Waals surface area contributed by atoms with E-state index in [2.05, 4.69) is 0 Å². The number of thiazole rings is 1. The van der Waals surface area contributed by atoms with Crippen LogP contribution in [0, 0.1) is 0 Å². The van der Waals surface area contributed by atoms with Gasteiger partial charge in [0, 0.05) is 23.1 Å². The molecular weight excluding hydrogens is 577 g/mol. The van der Waals surface area contributed by atoms with Crippen molar-refractivity contribution in [3.8, 4) is 5.75 Å². The molecular formula is C32H29Cl2N3O3S. The number of halogens is 2. The van der Waals surface area contributed by atoms with E-state index in [4.69, 9.17) is 32.9 Å². The topological polar surface area (TPSA) is 63.9 Å². The number of nitrogens with zero attached hydrogens (tertiary/aromatic N) is 3. The van der Waals surface area contributed by atoms with E-state index in [1.165, 1.54) is 11.3 Å². The van der Waals surface area contributed by atoms with Gasteiger partial charge in [0.2, 0.25) is 0 Å². The molecule has 0 radical (unpaired) electrons. The SMILES string of the molecule is CCN(CC)C(=O)C1=C(C)N=c2s/c(=C/c3ccc(OCc4ccc(Cl)cc4)cc3)c(=O)n2[C@@H]1c1ccc(Cl)cc1. The van der Waals surface area contributed by atoms with Crippen LogP contribution >= 0.6 is 34.5 Å². The van der Waals surface area contributed by atoms with Gasteiger partial charge in [-0.3, -0.25) is 14.2 Å². The lowest BCUT2D eigenvalue weighted by atomic mass is 9.94. The van der Waals surface area contributed by atoms with E-state index in [0.717, 1.165) is 22.4 Å². The number of amides is 1. The van der Waals surface area contributed by atoms with Crippen LogP contribution in [-0.2, 0) is 11.4 Å². The molecule has 6 nitrogen and oxygen atoms in total. The first-order valence-corrected chi connectivity index (χ1v) is 14.9. The van der Waals surface area contributed by atoms with Gasteiger partial charge < -0.3 is 9.64 Å². The Morgan fingerprint density at radius 2 is 1.59 bits per heavy atom. The third-order valence-electron chi connectivity index (χ3n) is 6.99. The van der Waals surface area contributed by atoms with Gasteiger partial charge in [-0.1, -0.05) is 70.9 Å². The van der Waals surface area contributed by atoms with Gasteiger partial charge in [0.25, 0.3) is 11.5 Å². The molecule has 1 amide bonds. The molecule has 0 N–H and O–H groups in total. The van der Waals surface area contributed by atoms with E-state index in [-0.39, 0.29) is 11.5 Å². The molecule has 9 heteroatoms. The van der Waals surface area contributed by atoms with Gasteiger partial charge in [0.15, 0.2) is 4.80 Å². The number of hydrogen-bond donors (Lipinski definition) is 0. The molecule has 41 heavy (non-hydrogen) atoms. The maximum atomic E-state index is 13.9. The van der Waals surface area contributed by atoms with Crippen LogP contribution in [0.3, 0.4) is 0 Å². The molecule has 0 saturated heterocycles. The highest BCUT2D eigenvalue weighted by molar-refractivity contribution is 7.07. The summed E-state index contributed by atoms with van der Waals surface area (Å²) >= 11 is 13.4. The van der Waals surface area contributed by atoms with Crippen molar-refractivity contribution in [1.29, 1.82) is 0 Å². The number of fused-ring (bicyclic) bond motifs is 1. The number of carbonyl (C=O) groups is 1. The highest BCUT2D eigenvalue weighted by Crippen LogP contribution is 2.31. The van der Waals surface area contributed by atoms with Crippen LogP contribution in [0.5, 0.6) is 5.75 Å². The van der Waals surface area contributed by atoms with Crippen molar-refractivity contribution in [1.82, 2.24) is 9.47 Å². The summed E-state index contributed by atoms with van der Waals surface area (Å²) in [6.45, 7) is 7.26. The summed E-state index contributed by atoms with van der Waals surface area (Å²) in [5.41, 5.74) is 3.58. The minimum absolute atomic E-state index is 0.125. The van der Waals surface area contributed by atoms with Gasteiger partial charge in [-0.25, -0.2) is 4.99 Å².